The lowest BCUT2D eigenvalue weighted by Crippen LogP contribution is -2.02. The van der Waals surface area contributed by atoms with Crippen LogP contribution in [0.3, 0.4) is 0 Å². The fraction of sp³-hybridized carbons (Fsp3) is 0.188. The van der Waals surface area contributed by atoms with Gasteiger partial charge in [0.25, 0.3) is 0 Å². The van der Waals surface area contributed by atoms with Crippen LogP contribution in [-0.2, 0) is 13.0 Å². The minimum atomic E-state index is 0.730. The Balaban J connectivity index is 1.77. The monoisotopic (exact) mass is 283 g/mol. The van der Waals surface area contributed by atoms with E-state index in [1.807, 2.05) is 11.6 Å². The molecule has 1 heterocycles. The van der Waals surface area contributed by atoms with Crippen molar-refractivity contribution >= 4 is 32.9 Å². The molecule has 0 bridgehead atoms. The molecular formula is C16H17N3S. The van der Waals surface area contributed by atoms with E-state index in [2.05, 4.69) is 47.6 Å². The van der Waals surface area contributed by atoms with Gasteiger partial charge in [0, 0.05) is 6.54 Å². The van der Waals surface area contributed by atoms with E-state index in [1.165, 1.54) is 11.1 Å². The molecule has 20 heavy (non-hydrogen) atoms. The summed E-state index contributed by atoms with van der Waals surface area (Å²) in [5, 5.41) is 3.39. The number of aryl methyl sites for hydroxylation is 1. The summed E-state index contributed by atoms with van der Waals surface area (Å²) in [6, 6.07) is 12.7. The molecule has 0 aliphatic heterocycles. The average molecular weight is 283 g/mol. The van der Waals surface area contributed by atoms with Crippen LogP contribution < -0.4 is 11.1 Å². The highest BCUT2D eigenvalue weighted by Crippen LogP contribution is 2.30. The molecule has 0 spiro atoms. The van der Waals surface area contributed by atoms with Crippen LogP contribution in [-0.4, -0.2) is 4.98 Å². The maximum absolute atomic E-state index is 6.15. The van der Waals surface area contributed by atoms with Crippen molar-refractivity contribution in [1.82, 2.24) is 4.98 Å². The van der Waals surface area contributed by atoms with Crippen molar-refractivity contribution in [3.05, 3.63) is 53.0 Å². The maximum Gasteiger partial charge on any atom is 0.106 e. The van der Waals surface area contributed by atoms with Gasteiger partial charge in [-0.1, -0.05) is 31.2 Å². The third kappa shape index (κ3) is 2.47. The molecule has 2 aromatic carbocycles. The van der Waals surface area contributed by atoms with Crippen LogP contribution in [0, 0.1) is 0 Å². The van der Waals surface area contributed by atoms with E-state index >= 15 is 0 Å². The number of nitrogens with two attached hydrogens (primary N) is 1. The summed E-state index contributed by atoms with van der Waals surface area (Å²) in [5.74, 6) is 0. The highest BCUT2D eigenvalue weighted by atomic mass is 32.1. The lowest BCUT2D eigenvalue weighted by atomic mass is 10.1. The number of hydrogen-bond donors (Lipinski definition) is 2. The van der Waals surface area contributed by atoms with Gasteiger partial charge in [-0.2, -0.15) is 0 Å². The zero-order valence-corrected chi connectivity index (χ0v) is 12.2. The largest absolute Gasteiger partial charge is 0.395 e. The Morgan fingerprint density at radius 3 is 2.60 bits per heavy atom. The number of hydrogen-bond acceptors (Lipinski definition) is 4. The number of nitrogens with one attached hydrogen (secondary N) is 1. The van der Waals surface area contributed by atoms with Gasteiger partial charge in [-0.25, -0.2) is 4.98 Å². The molecule has 3 rings (SSSR count). The minimum absolute atomic E-state index is 0.730. The number of nitrogen functional groups attached to an aromatic ring is 1. The number of benzene rings is 2. The highest BCUT2D eigenvalue weighted by molar-refractivity contribution is 7.16. The fourth-order valence-electron chi connectivity index (χ4n) is 2.20. The van der Waals surface area contributed by atoms with Gasteiger partial charge in [-0.05, 0) is 29.7 Å². The Labute approximate surface area is 122 Å². The predicted octanol–water partition coefficient (Wildman–Crippen LogP) is 4.05. The molecule has 0 radical (unpaired) electrons. The Hall–Kier alpha value is -2.07. The lowest BCUT2D eigenvalue weighted by molar-refractivity contribution is 1.11. The molecule has 0 aliphatic carbocycles. The normalized spacial score (nSPS) is 10.8. The van der Waals surface area contributed by atoms with Crippen LogP contribution in [0.2, 0.25) is 0 Å². The molecule has 3 nitrogen and oxygen atoms in total. The zero-order valence-electron chi connectivity index (χ0n) is 11.4. The van der Waals surface area contributed by atoms with E-state index < -0.39 is 0 Å². The molecule has 1 aromatic heterocycles. The molecule has 0 saturated carbocycles. The molecule has 3 aromatic rings. The van der Waals surface area contributed by atoms with Gasteiger partial charge in [0.15, 0.2) is 0 Å². The van der Waals surface area contributed by atoms with Gasteiger partial charge >= 0.3 is 0 Å². The van der Waals surface area contributed by atoms with Crippen molar-refractivity contribution in [2.24, 2.45) is 0 Å². The van der Waals surface area contributed by atoms with E-state index in [0.717, 1.165) is 34.6 Å². The molecule has 0 saturated heterocycles. The third-order valence-corrected chi connectivity index (χ3v) is 4.25. The van der Waals surface area contributed by atoms with E-state index in [-0.39, 0.29) is 0 Å². The Morgan fingerprint density at radius 1 is 1.10 bits per heavy atom. The molecule has 0 amide bonds. The predicted molar refractivity (Wildman–Crippen MR) is 87.2 cm³/mol. The van der Waals surface area contributed by atoms with Crippen LogP contribution in [0.15, 0.2) is 41.9 Å². The molecular weight excluding hydrogens is 266 g/mol. The molecule has 102 valence electrons. The first-order valence-electron chi connectivity index (χ1n) is 6.71. The van der Waals surface area contributed by atoms with Crippen LogP contribution in [0.25, 0.3) is 10.2 Å². The summed E-state index contributed by atoms with van der Waals surface area (Å²) < 4.78 is 1.13. The van der Waals surface area contributed by atoms with Gasteiger partial charge in [-0.3, -0.25) is 0 Å². The van der Waals surface area contributed by atoms with Crippen molar-refractivity contribution < 1.29 is 0 Å². The van der Waals surface area contributed by atoms with Crippen molar-refractivity contribution in [2.75, 3.05) is 11.1 Å². The summed E-state index contributed by atoms with van der Waals surface area (Å²) in [5.41, 5.74) is 13.2. The first-order chi connectivity index (χ1) is 9.78. The first kappa shape index (κ1) is 12.9. The van der Waals surface area contributed by atoms with Gasteiger partial charge in [0.2, 0.25) is 0 Å². The lowest BCUT2D eigenvalue weighted by Gasteiger charge is -2.10. The molecule has 3 N–H and O–H groups in total. The number of rotatable bonds is 4. The SMILES string of the molecule is CCc1ccc(CNc2ccc3scnc3c2N)cc1. The molecule has 0 atom stereocenters. The number of anilines is 2. The molecule has 4 heteroatoms. The topological polar surface area (TPSA) is 50.9 Å². The Kier molecular flexibility index (Phi) is 3.56. The van der Waals surface area contributed by atoms with Crippen LogP contribution in [0.1, 0.15) is 18.1 Å². The number of nitrogens with zero attached hydrogens (tertiary/aromatic N) is 1. The highest BCUT2D eigenvalue weighted by Gasteiger charge is 2.06. The van der Waals surface area contributed by atoms with E-state index in [9.17, 15) is 0 Å². The second-order valence-corrected chi connectivity index (χ2v) is 5.64. The van der Waals surface area contributed by atoms with E-state index in [1.54, 1.807) is 11.3 Å². The Morgan fingerprint density at radius 2 is 1.85 bits per heavy atom. The van der Waals surface area contributed by atoms with Gasteiger partial charge in [0.05, 0.1) is 21.6 Å². The van der Waals surface area contributed by atoms with E-state index in [4.69, 9.17) is 5.73 Å². The number of aromatic nitrogens is 1. The quantitative estimate of drug-likeness (QED) is 0.710. The molecule has 0 unspecified atom stereocenters. The standard InChI is InChI=1S/C16H17N3S/c1-2-11-3-5-12(6-4-11)9-18-13-7-8-14-16(15(13)17)19-10-20-14/h3-8,10,18H,2,9,17H2,1H3. The van der Waals surface area contributed by atoms with Gasteiger partial charge in [0.1, 0.15) is 5.52 Å². The summed E-state index contributed by atoms with van der Waals surface area (Å²) in [7, 11) is 0. The Bertz CT molecular complexity index is 716. The van der Waals surface area contributed by atoms with Crippen molar-refractivity contribution in [1.29, 1.82) is 0 Å². The third-order valence-electron chi connectivity index (χ3n) is 3.46. The first-order valence-corrected chi connectivity index (χ1v) is 7.59. The summed E-state index contributed by atoms with van der Waals surface area (Å²) in [6.07, 6.45) is 1.07. The van der Waals surface area contributed by atoms with Gasteiger partial charge in [-0.15, -0.1) is 11.3 Å². The summed E-state index contributed by atoms with van der Waals surface area (Å²) >= 11 is 1.61. The van der Waals surface area contributed by atoms with Crippen molar-refractivity contribution in [3.63, 3.8) is 0 Å². The maximum atomic E-state index is 6.15. The fourth-order valence-corrected chi connectivity index (χ4v) is 2.89. The summed E-state index contributed by atoms with van der Waals surface area (Å²) in [6.45, 7) is 2.93. The van der Waals surface area contributed by atoms with Crippen molar-refractivity contribution in [2.45, 2.75) is 19.9 Å². The van der Waals surface area contributed by atoms with Crippen LogP contribution in [0.5, 0.6) is 0 Å². The summed E-state index contributed by atoms with van der Waals surface area (Å²) in [4.78, 5) is 4.31. The van der Waals surface area contributed by atoms with Gasteiger partial charge < -0.3 is 11.1 Å². The zero-order chi connectivity index (χ0) is 13.9. The van der Waals surface area contributed by atoms with E-state index in [0.29, 0.717) is 0 Å². The average Bonchev–Trinajstić information content (AvgIpc) is 2.96. The smallest absolute Gasteiger partial charge is 0.106 e. The second-order valence-electron chi connectivity index (χ2n) is 4.75. The number of thiazole rings is 1. The number of fused-ring (bicyclic) bond motifs is 1. The minimum Gasteiger partial charge on any atom is -0.395 e. The molecule has 0 aliphatic rings. The van der Waals surface area contributed by atoms with Crippen LogP contribution >= 0.6 is 11.3 Å². The van der Waals surface area contributed by atoms with Crippen molar-refractivity contribution in [3.8, 4) is 0 Å². The second kappa shape index (κ2) is 5.51. The van der Waals surface area contributed by atoms with Crippen LogP contribution in [0.4, 0.5) is 11.4 Å². The molecule has 0 fully saturated rings.